The number of aryl methyl sites for hydroxylation is 2. The van der Waals surface area contributed by atoms with Crippen LogP contribution in [0.15, 0.2) is 24.3 Å². The number of phenolic OH excluding ortho intramolecular Hbond substituents is 2. The first-order chi connectivity index (χ1) is 19.6. The van der Waals surface area contributed by atoms with E-state index in [-0.39, 0.29) is 34.6 Å². The van der Waals surface area contributed by atoms with Crippen molar-refractivity contribution in [2.24, 2.45) is 11.8 Å². The summed E-state index contributed by atoms with van der Waals surface area (Å²) in [5.41, 5.74) is 5.41. The number of aromatic hydroxyl groups is 2. The van der Waals surface area contributed by atoms with E-state index in [4.69, 9.17) is 9.47 Å². The third-order valence-corrected chi connectivity index (χ3v) is 8.54. The summed E-state index contributed by atoms with van der Waals surface area (Å²) < 4.78 is 11.3. The number of ether oxygens (including phenoxy) is 2. The number of benzene rings is 2. The van der Waals surface area contributed by atoms with Gasteiger partial charge in [0, 0.05) is 12.8 Å². The lowest BCUT2D eigenvalue weighted by Gasteiger charge is -2.26. The average molecular weight is 581 g/mol. The Hall–Kier alpha value is -3.02. The van der Waals surface area contributed by atoms with Gasteiger partial charge in [-0.15, -0.1) is 0 Å². The van der Waals surface area contributed by atoms with Crippen LogP contribution >= 0.6 is 0 Å². The lowest BCUT2D eigenvalue weighted by Crippen LogP contribution is -2.29. The van der Waals surface area contributed by atoms with E-state index in [9.17, 15) is 19.8 Å². The highest BCUT2D eigenvalue weighted by Gasteiger charge is 2.32. The van der Waals surface area contributed by atoms with Crippen LogP contribution in [0.4, 0.5) is 0 Å². The molecule has 2 aromatic carbocycles. The zero-order valence-electron chi connectivity index (χ0n) is 27.1. The Morgan fingerprint density at radius 1 is 0.667 bits per heavy atom. The van der Waals surface area contributed by atoms with Crippen LogP contribution in [0.5, 0.6) is 11.5 Å². The molecule has 232 valence electrons. The highest BCUT2D eigenvalue weighted by molar-refractivity contribution is 5.75. The molecule has 0 saturated heterocycles. The van der Waals surface area contributed by atoms with E-state index in [1.807, 2.05) is 38.1 Å². The minimum atomic E-state index is -0.193. The van der Waals surface area contributed by atoms with E-state index in [1.54, 1.807) is 0 Å². The van der Waals surface area contributed by atoms with Gasteiger partial charge < -0.3 is 19.7 Å². The van der Waals surface area contributed by atoms with Crippen molar-refractivity contribution in [2.45, 2.75) is 118 Å². The van der Waals surface area contributed by atoms with Gasteiger partial charge in [0.1, 0.15) is 11.5 Å². The number of rotatable bonds is 10. The summed E-state index contributed by atoms with van der Waals surface area (Å²) in [6.07, 6.45) is 5.17. The van der Waals surface area contributed by atoms with Gasteiger partial charge in [0.15, 0.2) is 0 Å². The number of esters is 2. The molecule has 1 fully saturated rings. The van der Waals surface area contributed by atoms with E-state index >= 15 is 0 Å². The van der Waals surface area contributed by atoms with Crippen LogP contribution in [0, 0.1) is 11.8 Å². The third kappa shape index (κ3) is 8.52. The van der Waals surface area contributed by atoms with E-state index in [2.05, 4.69) is 41.5 Å². The Bertz CT molecular complexity index is 1140. The number of carbonyl (C=O) groups is 2. The Balaban J connectivity index is 1.45. The highest BCUT2D eigenvalue weighted by atomic mass is 16.5. The van der Waals surface area contributed by atoms with Crippen molar-refractivity contribution in [3.8, 4) is 11.5 Å². The number of carbonyl (C=O) groups excluding carboxylic acids is 2. The Kier molecular flexibility index (Phi) is 11.1. The topological polar surface area (TPSA) is 93.1 Å². The van der Waals surface area contributed by atoms with Crippen molar-refractivity contribution >= 4 is 11.9 Å². The van der Waals surface area contributed by atoms with Gasteiger partial charge in [0.2, 0.25) is 0 Å². The molecule has 1 aliphatic carbocycles. The normalized spacial score (nSPS) is 17.6. The monoisotopic (exact) mass is 580 g/mol. The minimum Gasteiger partial charge on any atom is -0.507 e. The Morgan fingerprint density at radius 2 is 1.00 bits per heavy atom. The third-order valence-electron chi connectivity index (χ3n) is 8.54. The van der Waals surface area contributed by atoms with Gasteiger partial charge >= 0.3 is 11.9 Å². The molecule has 0 atom stereocenters. The van der Waals surface area contributed by atoms with Crippen LogP contribution < -0.4 is 0 Å². The molecule has 0 heterocycles. The Morgan fingerprint density at radius 3 is 1.29 bits per heavy atom. The molecule has 6 nitrogen and oxygen atoms in total. The van der Waals surface area contributed by atoms with Gasteiger partial charge in [-0.2, -0.15) is 0 Å². The van der Waals surface area contributed by atoms with Gasteiger partial charge in [-0.25, -0.2) is 0 Å². The molecule has 1 aliphatic rings. The quantitative estimate of drug-likeness (QED) is 0.283. The second kappa shape index (κ2) is 14.0. The fourth-order valence-corrected chi connectivity index (χ4v) is 5.83. The van der Waals surface area contributed by atoms with E-state index in [1.165, 1.54) is 0 Å². The van der Waals surface area contributed by atoms with Gasteiger partial charge in [-0.3, -0.25) is 9.59 Å². The summed E-state index contributed by atoms with van der Waals surface area (Å²) in [7, 11) is 0. The zero-order valence-corrected chi connectivity index (χ0v) is 27.1. The molecule has 42 heavy (non-hydrogen) atoms. The molecule has 1 saturated carbocycles. The largest absolute Gasteiger partial charge is 0.507 e. The van der Waals surface area contributed by atoms with Crippen molar-refractivity contribution in [1.82, 2.24) is 0 Å². The van der Waals surface area contributed by atoms with E-state index < -0.39 is 0 Å². The fourth-order valence-electron chi connectivity index (χ4n) is 5.83. The van der Waals surface area contributed by atoms with Gasteiger partial charge in [-0.05, 0) is 82.7 Å². The smallest absolute Gasteiger partial charge is 0.308 e. The molecule has 6 heteroatoms. The number of hydrogen-bond donors (Lipinski definition) is 2. The molecule has 0 bridgehead atoms. The maximum Gasteiger partial charge on any atom is 0.308 e. The molecule has 0 aromatic heterocycles. The highest BCUT2D eigenvalue weighted by Crippen LogP contribution is 2.36. The summed E-state index contributed by atoms with van der Waals surface area (Å²) in [4.78, 5) is 25.6. The van der Waals surface area contributed by atoms with Gasteiger partial charge in [0.25, 0.3) is 0 Å². The summed E-state index contributed by atoms with van der Waals surface area (Å²) in [5.74, 6) is -0.0403. The second-order valence-electron chi connectivity index (χ2n) is 13.9. The maximum absolute atomic E-state index is 12.8. The standard InChI is InChI=1S/C36H52O6/c1-9-25-19-23(21-29(31(25)37)35(3,4)5)15-17-41-33(39)27-11-13-28(14-12-27)34(40)42-18-16-24-20-26(10-2)32(38)30(22-24)36(6,7)8/h19-22,27-28,37-38H,9-18H2,1-8H3. The molecule has 3 rings (SSSR count). The summed E-state index contributed by atoms with van der Waals surface area (Å²) in [6, 6.07) is 8.05. The zero-order chi connectivity index (χ0) is 31.2. The Labute approximate surface area is 252 Å². The first-order valence-electron chi connectivity index (χ1n) is 15.7. The number of phenols is 2. The summed E-state index contributed by atoms with van der Waals surface area (Å²) >= 11 is 0. The summed E-state index contributed by atoms with van der Waals surface area (Å²) in [5, 5.41) is 21.3. The van der Waals surface area contributed by atoms with E-state index in [0.717, 1.165) is 46.2 Å². The average Bonchev–Trinajstić information content (AvgIpc) is 2.93. The number of hydrogen-bond acceptors (Lipinski definition) is 6. The molecular weight excluding hydrogens is 528 g/mol. The predicted octanol–water partition coefficient (Wildman–Crippen LogP) is 7.50. The van der Waals surface area contributed by atoms with Gasteiger partial charge in [-0.1, -0.05) is 79.7 Å². The van der Waals surface area contributed by atoms with Crippen LogP contribution in [0.3, 0.4) is 0 Å². The second-order valence-corrected chi connectivity index (χ2v) is 13.9. The molecule has 2 N–H and O–H groups in total. The molecule has 0 unspecified atom stereocenters. The summed E-state index contributed by atoms with van der Waals surface area (Å²) in [6.45, 7) is 17.1. The van der Waals surface area contributed by atoms with Crippen LogP contribution in [0.1, 0.15) is 114 Å². The fraction of sp³-hybridized carbons (Fsp3) is 0.611. The lowest BCUT2D eigenvalue weighted by molar-refractivity contribution is -0.155. The van der Waals surface area contributed by atoms with Crippen LogP contribution in [0.2, 0.25) is 0 Å². The molecular formula is C36H52O6. The first kappa shape index (κ1) is 33.5. The molecule has 0 spiro atoms. The van der Waals surface area contributed by atoms with E-state index in [0.29, 0.717) is 63.2 Å². The maximum atomic E-state index is 12.8. The molecule has 0 radical (unpaired) electrons. The van der Waals surface area contributed by atoms with Crippen molar-refractivity contribution in [2.75, 3.05) is 13.2 Å². The van der Waals surface area contributed by atoms with Crippen LogP contribution in [-0.4, -0.2) is 35.4 Å². The minimum absolute atomic E-state index is 0.180. The van der Waals surface area contributed by atoms with Crippen molar-refractivity contribution < 1.29 is 29.3 Å². The predicted molar refractivity (Wildman–Crippen MR) is 167 cm³/mol. The van der Waals surface area contributed by atoms with Crippen molar-refractivity contribution in [3.63, 3.8) is 0 Å². The van der Waals surface area contributed by atoms with Gasteiger partial charge in [0.05, 0.1) is 25.0 Å². The molecule has 0 amide bonds. The first-order valence-corrected chi connectivity index (χ1v) is 15.7. The van der Waals surface area contributed by atoms with Crippen molar-refractivity contribution in [3.05, 3.63) is 57.6 Å². The van der Waals surface area contributed by atoms with Crippen molar-refractivity contribution in [1.29, 1.82) is 0 Å². The molecule has 2 aromatic rings. The van der Waals surface area contributed by atoms with Crippen LogP contribution in [0.25, 0.3) is 0 Å². The van der Waals surface area contributed by atoms with Crippen LogP contribution in [-0.2, 0) is 55.6 Å². The lowest BCUT2D eigenvalue weighted by atomic mass is 9.82. The molecule has 0 aliphatic heterocycles. The SMILES string of the molecule is CCc1cc(CCOC(=O)C2CCC(C(=O)OCCc3cc(CC)c(O)c(C(C)(C)C)c3)CC2)cc(C(C)(C)C)c1O.